The van der Waals surface area contributed by atoms with Crippen LogP contribution in [0.15, 0.2) is 36.5 Å². The number of hydrogen-bond acceptors (Lipinski definition) is 5. The summed E-state index contributed by atoms with van der Waals surface area (Å²) in [5.74, 6) is 1.28. The second kappa shape index (κ2) is 6.53. The van der Waals surface area contributed by atoms with Gasteiger partial charge in [0.2, 0.25) is 0 Å². The monoisotopic (exact) mass is 343 g/mol. The molecule has 1 aromatic heterocycles. The van der Waals surface area contributed by atoms with Gasteiger partial charge in [0.1, 0.15) is 10.6 Å². The summed E-state index contributed by atoms with van der Waals surface area (Å²) >= 11 is 1.29. The molecule has 0 radical (unpaired) electrons. The number of carbonyl (C=O) groups is 1. The summed E-state index contributed by atoms with van der Waals surface area (Å²) in [6, 6.07) is 10.1. The van der Waals surface area contributed by atoms with Crippen LogP contribution in [0, 0.1) is 5.92 Å². The molecule has 0 saturated carbocycles. The van der Waals surface area contributed by atoms with Crippen molar-refractivity contribution in [3.8, 4) is 10.9 Å². The minimum Gasteiger partial charge on any atom is -0.431 e. The van der Waals surface area contributed by atoms with E-state index in [0.717, 1.165) is 18.8 Å². The molecule has 0 aliphatic carbocycles. The molecule has 3 aliphatic heterocycles. The van der Waals surface area contributed by atoms with Gasteiger partial charge in [-0.2, -0.15) is 0 Å². The Morgan fingerprint density at radius 3 is 2.75 bits per heavy atom. The van der Waals surface area contributed by atoms with Gasteiger partial charge in [0.05, 0.1) is 6.20 Å². The molecule has 2 bridgehead atoms. The third-order valence-electron chi connectivity index (χ3n) is 5.13. The summed E-state index contributed by atoms with van der Waals surface area (Å²) in [6.45, 7) is 4.54. The van der Waals surface area contributed by atoms with Crippen LogP contribution in [-0.4, -0.2) is 41.0 Å². The summed E-state index contributed by atoms with van der Waals surface area (Å²) in [5, 5.41) is 3.72. The maximum atomic E-state index is 12.6. The third kappa shape index (κ3) is 3.03. The summed E-state index contributed by atoms with van der Waals surface area (Å²) in [4.78, 5) is 19.9. The largest absolute Gasteiger partial charge is 0.431 e. The first-order chi connectivity index (χ1) is 11.7. The fourth-order valence-corrected chi connectivity index (χ4v) is 4.46. The number of carbonyl (C=O) groups excluding carboxylic acids is 1. The Balaban J connectivity index is 1.42. The quantitative estimate of drug-likeness (QED) is 0.926. The molecule has 1 aromatic carbocycles. The molecule has 6 heteroatoms. The van der Waals surface area contributed by atoms with Gasteiger partial charge in [0, 0.05) is 12.1 Å². The Bertz CT molecular complexity index is 708. The maximum absolute atomic E-state index is 12.6. The Kier molecular flexibility index (Phi) is 4.24. The van der Waals surface area contributed by atoms with E-state index in [4.69, 9.17) is 4.74 Å². The van der Waals surface area contributed by atoms with Crippen LogP contribution in [0.25, 0.3) is 0 Å². The summed E-state index contributed by atoms with van der Waals surface area (Å²) in [7, 11) is 0. The SMILES string of the molecule is C[C@H]1[C@H](NC(=O)c2cnc(Oc3ccccc3)s2)C2CCN1CC2. The Morgan fingerprint density at radius 2 is 2.04 bits per heavy atom. The topological polar surface area (TPSA) is 54.5 Å². The average Bonchev–Trinajstić information content (AvgIpc) is 3.08. The molecular formula is C18H21N3O2S. The smallest absolute Gasteiger partial charge is 0.279 e. The van der Waals surface area contributed by atoms with E-state index in [1.165, 1.54) is 24.2 Å². The van der Waals surface area contributed by atoms with Gasteiger partial charge in [-0.25, -0.2) is 4.98 Å². The molecule has 3 fully saturated rings. The number of fused-ring (bicyclic) bond motifs is 3. The van der Waals surface area contributed by atoms with Crippen LogP contribution in [-0.2, 0) is 0 Å². The van der Waals surface area contributed by atoms with Crippen LogP contribution in [0.3, 0.4) is 0 Å². The molecule has 5 nitrogen and oxygen atoms in total. The fourth-order valence-electron chi connectivity index (χ4n) is 3.77. The highest BCUT2D eigenvalue weighted by Gasteiger charge is 2.40. The zero-order chi connectivity index (χ0) is 16.5. The number of benzene rings is 1. The number of nitrogens with one attached hydrogen (secondary N) is 1. The number of ether oxygens (including phenoxy) is 1. The van der Waals surface area contributed by atoms with Gasteiger partial charge < -0.3 is 10.1 Å². The van der Waals surface area contributed by atoms with Crippen LogP contribution in [0.5, 0.6) is 10.9 Å². The molecular weight excluding hydrogens is 322 g/mol. The van der Waals surface area contributed by atoms with Gasteiger partial charge in [-0.15, -0.1) is 0 Å². The molecule has 1 N–H and O–H groups in total. The summed E-state index contributed by atoms with van der Waals surface area (Å²) < 4.78 is 5.69. The standard InChI is InChI=1S/C18H21N3O2S/c1-12-16(13-7-9-21(12)10-8-13)20-17(22)15-11-19-18(24-15)23-14-5-3-2-4-6-14/h2-6,11-13,16H,7-10H2,1H3,(H,20,22)/t12-,16-/m0/s1. The molecule has 126 valence electrons. The number of para-hydroxylation sites is 1. The van der Waals surface area contributed by atoms with Crippen molar-refractivity contribution in [2.75, 3.05) is 13.1 Å². The molecule has 0 spiro atoms. The van der Waals surface area contributed by atoms with Gasteiger partial charge in [0.25, 0.3) is 11.1 Å². The van der Waals surface area contributed by atoms with Crippen LogP contribution in [0.2, 0.25) is 0 Å². The zero-order valence-electron chi connectivity index (χ0n) is 13.6. The van der Waals surface area contributed by atoms with Crippen molar-refractivity contribution < 1.29 is 9.53 Å². The van der Waals surface area contributed by atoms with E-state index in [9.17, 15) is 4.79 Å². The number of hydrogen-bond donors (Lipinski definition) is 1. The van der Waals surface area contributed by atoms with Crippen molar-refractivity contribution >= 4 is 17.2 Å². The minimum atomic E-state index is -0.0407. The molecule has 3 saturated heterocycles. The van der Waals surface area contributed by atoms with Crippen molar-refractivity contribution in [1.82, 2.24) is 15.2 Å². The van der Waals surface area contributed by atoms with E-state index in [0.29, 0.717) is 22.0 Å². The first-order valence-corrected chi connectivity index (χ1v) is 9.26. The molecule has 4 heterocycles. The maximum Gasteiger partial charge on any atom is 0.279 e. The van der Waals surface area contributed by atoms with Gasteiger partial charge >= 0.3 is 0 Å². The lowest BCUT2D eigenvalue weighted by atomic mass is 9.79. The highest BCUT2D eigenvalue weighted by molar-refractivity contribution is 7.15. The fraction of sp³-hybridized carbons (Fsp3) is 0.444. The van der Waals surface area contributed by atoms with Gasteiger partial charge in [-0.05, 0) is 50.9 Å². The number of thiazole rings is 1. The van der Waals surface area contributed by atoms with Crippen LogP contribution < -0.4 is 10.1 Å². The first-order valence-electron chi connectivity index (χ1n) is 8.44. The number of piperidine rings is 3. The highest BCUT2D eigenvalue weighted by atomic mass is 32.1. The lowest BCUT2D eigenvalue weighted by Gasteiger charge is -2.49. The third-order valence-corrected chi connectivity index (χ3v) is 6.01. The molecule has 2 atom stereocenters. The van der Waals surface area contributed by atoms with Crippen LogP contribution in [0.4, 0.5) is 0 Å². The molecule has 1 amide bonds. The van der Waals surface area contributed by atoms with Crippen molar-refractivity contribution in [2.45, 2.75) is 31.8 Å². The highest BCUT2D eigenvalue weighted by Crippen LogP contribution is 2.33. The molecule has 3 aliphatic rings. The predicted molar refractivity (Wildman–Crippen MR) is 93.6 cm³/mol. The second-order valence-electron chi connectivity index (χ2n) is 6.52. The Hall–Kier alpha value is -1.92. The van der Waals surface area contributed by atoms with E-state index in [-0.39, 0.29) is 11.9 Å². The molecule has 2 aromatic rings. The Labute approximate surface area is 145 Å². The Morgan fingerprint density at radius 1 is 1.29 bits per heavy atom. The van der Waals surface area contributed by atoms with Gasteiger partial charge in [-0.1, -0.05) is 29.5 Å². The first kappa shape index (κ1) is 15.6. The summed E-state index contributed by atoms with van der Waals surface area (Å²) in [6.07, 6.45) is 3.96. The normalized spacial score (nSPS) is 28.5. The number of nitrogens with zero attached hydrogens (tertiary/aromatic N) is 2. The predicted octanol–water partition coefficient (Wildman–Crippen LogP) is 3.15. The molecule has 5 rings (SSSR count). The van der Waals surface area contributed by atoms with Gasteiger partial charge in [0.15, 0.2) is 0 Å². The second-order valence-corrected chi connectivity index (χ2v) is 7.51. The number of aromatic nitrogens is 1. The summed E-state index contributed by atoms with van der Waals surface area (Å²) in [5.41, 5.74) is 0. The van der Waals surface area contributed by atoms with Crippen LogP contribution >= 0.6 is 11.3 Å². The molecule has 24 heavy (non-hydrogen) atoms. The number of rotatable bonds is 4. The van der Waals surface area contributed by atoms with Crippen molar-refractivity contribution in [1.29, 1.82) is 0 Å². The van der Waals surface area contributed by atoms with E-state index >= 15 is 0 Å². The lowest BCUT2D eigenvalue weighted by Crippen LogP contribution is -2.62. The van der Waals surface area contributed by atoms with E-state index in [1.807, 2.05) is 30.3 Å². The van der Waals surface area contributed by atoms with E-state index in [1.54, 1.807) is 6.20 Å². The zero-order valence-corrected chi connectivity index (χ0v) is 14.5. The number of amides is 1. The van der Waals surface area contributed by atoms with Gasteiger partial charge in [-0.3, -0.25) is 9.69 Å². The molecule has 0 unspecified atom stereocenters. The average molecular weight is 343 g/mol. The van der Waals surface area contributed by atoms with Crippen molar-refractivity contribution in [3.05, 3.63) is 41.4 Å². The van der Waals surface area contributed by atoms with Crippen molar-refractivity contribution in [3.63, 3.8) is 0 Å². The van der Waals surface area contributed by atoms with Crippen LogP contribution in [0.1, 0.15) is 29.4 Å². The van der Waals surface area contributed by atoms with E-state index < -0.39 is 0 Å². The minimum absolute atomic E-state index is 0.0407. The lowest BCUT2D eigenvalue weighted by molar-refractivity contribution is 0.0218. The van der Waals surface area contributed by atoms with Crippen molar-refractivity contribution in [2.24, 2.45) is 5.92 Å². The van der Waals surface area contributed by atoms with E-state index in [2.05, 4.69) is 22.1 Å².